The maximum atomic E-state index is 11.4. The van der Waals surface area contributed by atoms with E-state index in [0.717, 1.165) is 37.9 Å². The van der Waals surface area contributed by atoms with E-state index in [4.69, 9.17) is 15.6 Å². The lowest BCUT2D eigenvalue weighted by Gasteiger charge is -2.21. The molecule has 1 aliphatic heterocycles. The average molecular weight is 653 g/mol. The molecule has 1 saturated carbocycles. The number of nitrogens with two attached hydrogens (primary N) is 1. The van der Waals surface area contributed by atoms with E-state index in [1.807, 2.05) is 26.0 Å². The lowest BCUT2D eigenvalue weighted by Crippen LogP contribution is -2.46. The highest BCUT2D eigenvalue weighted by Crippen LogP contribution is 2.31. The van der Waals surface area contributed by atoms with Crippen LogP contribution < -0.4 is 15.8 Å². The Kier molecular flexibility index (Phi) is 30.6. The van der Waals surface area contributed by atoms with Gasteiger partial charge in [0.2, 0.25) is 24.1 Å². The summed E-state index contributed by atoms with van der Waals surface area (Å²) in [5.74, 6) is -0.623. The molecule has 5 N–H and O–H groups in total. The molecule has 2 fully saturated rings. The topological polar surface area (TPSA) is 151 Å². The number of nitrogens with one attached hydrogen (secondary N) is 2. The maximum absolute atomic E-state index is 11.4. The standard InChI is InChI=1S/C13H20O2.C8H13N3O3.C8H13NOS.C3H8.C2H6/c1-15-9-4-2-3-6-12-7-5-8-13(10-12)11-14;9-8(14)6-2-1-3-11(6)7(13)4-10-5-12;1-2-3-4-8(10)9-11-7-5-6-7;1-3-2;1-2/h5,7-8,10,14H,2-4,6,9,11H2,1H3;5-6H,1-4H2,(H2,9,14)(H,10,12);2,7H,1,3-6H2,(H,9,10);3H2,1-2H3;1-2H3. The van der Waals surface area contributed by atoms with Crippen molar-refractivity contribution in [2.75, 3.05) is 26.8 Å². The molecule has 11 heteroatoms. The summed E-state index contributed by atoms with van der Waals surface area (Å²) in [7, 11) is 1.74. The highest BCUT2D eigenvalue weighted by molar-refractivity contribution is 7.98. The number of ether oxygens (including phenoxy) is 1. The summed E-state index contributed by atoms with van der Waals surface area (Å²) < 4.78 is 7.81. The quantitative estimate of drug-likeness (QED) is 0.0843. The van der Waals surface area contributed by atoms with Gasteiger partial charge in [-0.05, 0) is 74.4 Å². The Morgan fingerprint density at radius 3 is 2.36 bits per heavy atom. The first-order valence-corrected chi connectivity index (χ1v) is 17.1. The van der Waals surface area contributed by atoms with E-state index in [9.17, 15) is 19.2 Å². The number of likely N-dealkylation sites (tertiary alicyclic amines) is 1. The molecule has 1 unspecified atom stereocenters. The van der Waals surface area contributed by atoms with E-state index >= 15 is 0 Å². The van der Waals surface area contributed by atoms with Crippen molar-refractivity contribution >= 4 is 36.1 Å². The zero-order valence-electron chi connectivity index (χ0n) is 28.4. The number of rotatable bonds is 16. The predicted octanol–water partition coefficient (Wildman–Crippen LogP) is 5.07. The van der Waals surface area contributed by atoms with Crippen molar-refractivity contribution in [3.8, 4) is 0 Å². The van der Waals surface area contributed by atoms with Gasteiger partial charge in [0.1, 0.15) is 6.04 Å². The van der Waals surface area contributed by atoms with Crippen LogP contribution in [-0.2, 0) is 36.9 Å². The molecule has 0 spiro atoms. The number of unbranched alkanes of at least 4 members (excludes halogenated alkanes) is 2. The Morgan fingerprint density at radius 2 is 1.80 bits per heavy atom. The molecule has 0 radical (unpaired) electrons. The van der Waals surface area contributed by atoms with Crippen LogP contribution in [0.15, 0.2) is 36.9 Å². The molecule has 3 rings (SSSR count). The van der Waals surface area contributed by atoms with Gasteiger partial charge in [-0.2, -0.15) is 0 Å². The van der Waals surface area contributed by atoms with Gasteiger partial charge < -0.3 is 25.8 Å². The second-order valence-corrected chi connectivity index (χ2v) is 11.4. The molecule has 0 aromatic heterocycles. The van der Waals surface area contributed by atoms with Crippen molar-refractivity contribution in [3.63, 3.8) is 0 Å². The number of amides is 4. The smallest absolute Gasteiger partial charge is 0.242 e. The molecule has 1 aromatic carbocycles. The van der Waals surface area contributed by atoms with Crippen molar-refractivity contribution in [3.05, 3.63) is 48.0 Å². The molecular formula is C34H60N4O6S. The first-order chi connectivity index (χ1) is 21.8. The molecule has 10 nitrogen and oxygen atoms in total. The Balaban J connectivity index is 0. The average Bonchev–Trinajstić information content (AvgIpc) is 3.75. The molecule has 1 saturated heterocycles. The number of primary amides is 1. The van der Waals surface area contributed by atoms with Gasteiger partial charge in [0, 0.05) is 31.9 Å². The third-order valence-corrected chi connectivity index (χ3v) is 7.32. The minimum Gasteiger partial charge on any atom is -0.392 e. The number of carbonyl (C=O) groups excluding carboxylic acids is 4. The fraction of sp³-hybridized carbons (Fsp3) is 0.647. The zero-order valence-corrected chi connectivity index (χ0v) is 29.2. The van der Waals surface area contributed by atoms with Crippen LogP contribution in [-0.4, -0.2) is 72.2 Å². The Labute approximate surface area is 276 Å². The van der Waals surface area contributed by atoms with Crippen LogP contribution in [0.3, 0.4) is 0 Å². The second-order valence-electron chi connectivity index (χ2n) is 10.3. The summed E-state index contributed by atoms with van der Waals surface area (Å²) in [5.41, 5.74) is 7.45. The van der Waals surface area contributed by atoms with Gasteiger partial charge in [-0.25, -0.2) is 0 Å². The predicted molar refractivity (Wildman–Crippen MR) is 185 cm³/mol. The summed E-state index contributed by atoms with van der Waals surface area (Å²) >= 11 is 1.57. The molecule has 0 bridgehead atoms. The number of nitrogens with zero attached hydrogens (tertiary/aromatic N) is 1. The van der Waals surface area contributed by atoms with Crippen LogP contribution in [0.5, 0.6) is 0 Å². The largest absolute Gasteiger partial charge is 0.392 e. The lowest BCUT2D eigenvalue weighted by molar-refractivity contribution is -0.137. The summed E-state index contributed by atoms with van der Waals surface area (Å²) in [6.07, 6.45) is 13.3. The molecule has 1 atom stereocenters. The van der Waals surface area contributed by atoms with E-state index in [2.05, 4.69) is 42.6 Å². The number of hydrogen-bond donors (Lipinski definition) is 4. The SMILES string of the molecule is C=CCCC(=O)NSC1CC1.CC.CCC.COCCCCCc1cccc(CO)c1.NC(=O)C1CCCN1C(=O)CNC=O. The molecule has 45 heavy (non-hydrogen) atoms. The minimum absolute atomic E-state index is 0.0761. The van der Waals surface area contributed by atoms with Crippen molar-refractivity contribution in [2.24, 2.45) is 5.73 Å². The van der Waals surface area contributed by atoms with Gasteiger partial charge in [-0.15, -0.1) is 6.58 Å². The van der Waals surface area contributed by atoms with Gasteiger partial charge in [0.15, 0.2) is 0 Å². The Morgan fingerprint density at radius 1 is 1.13 bits per heavy atom. The molecule has 4 amide bonds. The molecule has 1 heterocycles. The van der Waals surface area contributed by atoms with Gasteiger partial charge in [-0.3, -0.25) is 23.9 Å². The summed E-state index contributed by atoms with van der Waals surface area (Å²) in [4.78, 5) is 44.7. The normalized spacial score (nSPS) is 14.4. The van der Waals surface area contributed by atoms with Crippen molar-refractivity contribution in [1.82, 2.24) is 14.9 Å². The number of hydrogen-bond acceptors (Lipinski definition) is 7. The summed E-state index contributed by atoms with van der Waals surface area (Å²) in [6.45, 7) is 13.3. The number of carbonyl (C=O) groups is 4. The lowest BCUT2D eigenvalue weighted by atomic mass is 10.0. The third kappa shape index (κ3) is 25.0. The molecular weight excluding hydrogens is 592 g/mol. The molecule has 1 aliphatic carbocycles. The number of benzene rings is 1. The maximum Gasteiger partial charge on any atom is 0.242 e. The van der Waals surface area contributed by atoms with E-state index in [1.54, 1.807) is 25.1 Å². The van der Waals surface area contributed by atoms with Gasteiger partial charge in [0.05, 0.1) is 13.2 Å². The number of methoxy groups -OCH3 is 1. The highest BCUT2D eigenvalue weighted by Gasteiger charge is 2.32. The zero-order chi connectivity index (χ0) is 34.3. The molecule has 1 aromatic rings. The number of aliphatic hydroxyl groups excluding tert-OH is 1. The molecule has 258 valence electrons. The van der Waals surface area contributed by atoms with E-state index < -0.39 is 11.9 Å². The summed E-state index contributed by atoms with van der Waals surface area (Å²) in [5, 5.41) is 11.9. The minimum atomic E-state index is -0.504. The fourth-order valence-corrected chi connectivity index (χ4v) is 4.62. The van der Waals surface area contributed by atoms with Crippen LogP contribution in [0.1, 0.15) is 103 Å². The fourth-order valence-electron chi connectivity index (χ4n) is 3.85. The first-order valence-electron chi connectivity index (χ1n) is 16.3. The van der Waals surface area contributed by atoms with E-state index in [1.165, 1.54) is 42.6 Å². The summed E-state index contributed by atoms with van der Waals surface area (Å²) in [6, 6.07) is 7.66. The van der Waals surface area contributed by atoms with Crippen LogP contribution in [0, 0.1) is 0 Å². The number of allylic oxidation sites excluding steroid dienone is 1. The van der Waals surface area contributed by atoms with Gasteiger partial charge in [0.25, 0.3) is 0 Å². The van der Waals surface area contributed by atoms with E-state index in [0.29, 0.717) is 31.0 Å². The van der Waals surface area contributed by atoms with Crippen molar-refractivity contribution in [2.45, 2.75) is 116 Å². The van der Waals surface area contributed by atoms with Crippen molar-refractivity contribution < 1.29 is 29.0 Å². The Hall–Kier alpha value is -2.89. The Bertz CT molecular complexity index is 930. The first kappa shape index (κ1) is 44.2. The third-order valence-electron chi connectivity index (χ3n) is 6.17. The van der Waals surface area contributed by atoms with Crippen molar-refractivity contribution in [1.29, 1.82) is 0 Å². The van der Waals surface area contributed by atoms with Crippen LogP contribution in [0.4, 0.5) is 0 Å². The van der Waals surface area contributed by atoms with Crippen LogP contribution in [0.25, 0.3) is 0 Å². The van der Waals surface area contributed by atoms with Crippen LogP contribution in [0.2, 0.25) is 0 Å². The molecule has 2 aliphatic rings. The monoisotopic (exact) mass is 652 g/mol. The van der Waals surface area contributed by atoms with Gasteiger partial charge >= 0.3 is 0 Å². The van der Waals surface area contributed by atoms with Crippen LogP contribution >= 0.6 is 11.9 Å². The number of aryl methyl sites for hydroxylation is 1. The van der Waals surface area contributed by atoms with Gasteiger partial charge in [-0.1, -0.05) is 70.9 Å². The highest BCUT2D eigenvalue weighted by atomic mass is 32.2. The number of aliphatic hydroxyl groups is 1. The van der Waals surface area contributed by atoms with E-state index in [-0.39, 0.29) is 25.0 Å². The second kappa shape index (κ2) is 31.1.